The molecule has 0 radical (unpaired) electrons. The minimum atomic E-state index is 0. The third kappa shape index (κ3) is 2.86. The zero-order chi connectivity index (χ0) is 10.0. The van der Waals surface area contributed by atoms with E-state index in [1.807, 2.05) is 18.2 Å². The van der Waals surface area contributed by atoms with E-state index >= 15 is 0 Å². The van der Waals surface area contributed by atoms with Crippen molar-refractivity contribution in [3.63, 3.8) is 0 Å². The maximum atomic E-state index is 9.93. The van der Waals surface area contributed by atoms with Gasteiger partial charge >= 0.3 is 0 Å². The van der Waals surface area contributed by atoms with Crippen molar-refractivity contribution in [3.05, 3.63) is 29.3 Å². The Morgan fingerprint density at radius 2 is 1.29 bits per heavy atom. The fraction of sp³-hybridized carbons (Fsp3) is 0.500. The molecule has 2 heteroatoms. The maximum Gasteiger partial charge on any atom is 0.122 e. The number of phenols is 1. The van der Waals surface area contributed by atoms with Gasteiger partial charge in [0.25, 0.3) is 0 Å². The van der Waals surface area contributed by atoms with Crippen molar-refractivity contribution in [3.8, 4) is 5.75 Å². The van der Waals surface area contributed by atoms with Crippen molar-refractivity contribution in [1.82, 2.24) is 0 Å². The summed E-state index contributed by atoms with van der Waals surface area (Å²) >= 11 is 0. The van der Waals surface area contributed by atoms with E-state index in [4.69, 9.17) is 0 Å². The Morgan fingerprint density at radius 3 is 1.57 bits per heavy atom. The molecule has 0 spiro atoms. The minimum Gasteiger partial charge on any atom is -0.507 e. The molecule has 1 aromatic rings. The van der Waals surface area contributed by atoms with Gasteiger partial charge in [0.2, 0.25) is 0 Å². The number of phenolic OH excluding ortho intramolecular Hbond substituents is 1. The molecule has 1 aromatic carbocycles. The zero-order valence-corrected chi connectivity index (χ0v) is 10.9. The molecule has 0 saturated heterocycles. The van der Waals surface area contributed by atoms with Crippen LogP contribution in [-0.2, 0) is 21.7 Å². The minimum absolute atomic E-state index is 0. The smallest absolute Gasteiger partial charge is 0.122 e. The monoisotopic (exact) mass is 226 g/mol. The van der Waals surface area contributed by atoms with Crippen molar-refractivity contribution in [2.24, 2.45) is 0 Å². The van der Waals surface area contributed by atoms with E-state index in [-0.39, 0.29) is 21.7 Å². The molecule has 1 N–H and O–H groups in total. The Bertz CT molecular complexity index is 266. The molecule has 0 amide bonds. The first-order valence-corrected chi connectivity index (χ1v) is 4.85. The van der Waals surface area contributed by atoms with Gasteiger partial charge in [0.15, 0.2) is 0 Å². The van der Waals surface area contributed by atoms with Gasteiger partial charge in [-0.25, -0.2) is 0 Å². The normalized spacial score (nSPS) is 10.4. The van der Waals surface area contributed by atoms with Gasteiger partial charge in [0, 0.05) is 21.7 Å². The van der Waals surface area contributed by atoms with Crippen molar-refractivity contribution in [2.75, 3.05) is 0 Å². The third-order valence-electron chi connectivity index (χ3n) is 2.34. The Kier molecular flexibility index (Phi) is 5.47. The van der Waals surface area contributed by atoms with E-state index < -0.39 is 0 Å². The van der Waals surface area contributed by atoms with Gasteiger partial charge in [-0.05, 0) is 23.0 Å². The van der Waals surface area contributed by atoms with Crippen LogP contribution in [0.5, 0.6) is 5.75 Å². The molecule has 0 bridgehead atoms. The summed E-state index contributed by atoms with van der Waals surface area (Å²) in [5, 5.41) is 9.93. The molecule has 0 fully saturated rings. The molecule has 0 aromatic heterocycles. The summed E-state index contributed by atoms with van der Waals surface area (Å²) in [6, 6.07) is 6.00. The van der Waals surface area contributed by atoms with Crippen LogP contribution in [0.25, 0.3) is 0 Å². The van der Waals surface area contributed by atoms with Crippen LogP contribution in [0.1, 0.15) is 50.7 Å². The molecule has 0 aliphatic heterocycles. The summed E-state index contributed by atoms with van der Waals surface area (Å²) in [7, 11) is 0. The van der Waals surface area contributed by atoms with Crippen LogP contribution in [0.3, 0.4) is 0 Å². The van der Waals surface area contributed by atoms with Crippen molar-refractivity contribution < 1.29 is 26.8 Å². The van der Waals surface area contributed by atoms with Gasteiger partial charge in [-0.1, -0.05) is 45.9 Å². The summed E-state index contributed by atoms with van der Waals surface area (Å²) < 4.78 is 0. The fourth-order valence-corrected chi connectivity index (χ4v) is 1.51. The second-order valence-corrected chi connectivity index (χ2v) is 4.09. The van der Waals surface area contributed by atoms with E-state index in [9.17, 15) is 5.11 Å². The average Bonchev–Trinajstić information content (AvgIpc) is 2.03. The van der Waals surface area contributed by atoms with E-state index in [0.29, 0.717) is 17.6 Å². The Morgan fingerprint density at radius 1 is 0.929 bits per heavy atom. The summed E-state index contributed by atoms with van der Waals surface area (Å²) in [6.45, 7) is 8.39. The standard InChI is InChI=1S/C12H18O.Ti/c1-8(2)10-6-5-7-11(9(3)4)12(10)13;/h5-9,13H,1-4H3;. The number of rotatable bonds is 2. The summed E-state index contributed by atoms with van der Waals surface area (Å²) in [4.78, 5) is 0. The topological polar surface area (TPSA) is 20.2 Å². The molecule has 0 heterocycles. The number of para-hydroxylation sites is 1. The number of aromatic hydroxyl groups is 1. The number of hydrogen-bond donors (Lipinski definition) is 1. The third-order valence-corrected chi connectivity index (χ3v) is 2.34. The predicted molar refractivity (Wildman–Crippen MR) is 56.3 cm³/mol. The van der Waals surface area contributed by atoms with Crippen LogP contribution in [0.4, 0.5) is 0 Å². The summed E-state index contributed by atoms with van der Waals surface area (Å²) in [5.74, 6) is 1.25. The molecule has 1 nitrogen and oxygen atoms in total. The molecular weight excluding hydrogens is 208 g/mol. The first kappa shape index (κ1) is 13.7. The first-order valence-electron chi connectivity index (χ1n) is 4.85. The van der Waals surface area contributed by atoms with Gasteiger partial charge in [-0.2, -0.15) is 0 Å². The Hall–Kier alpha value is -0.266. The summed E-state index contributed by atoms with van der Waals surface area (Å²) in [6.07, 6.45) is 0. The van der Waals surface area contributed by atoms with Gasteiger partial charge in [-0.15, -0.1) is 0 Å². The van der Waals surface area contributed by atoms with E-state index in [2.05, 4.69) is 27.7 Å². The van der Waals surface area contributed by atoms with Crippen LogP contribution >= 0.6 is 0 Å². The average molecular weight is 226 g/mol. The fourth-order valence-electron chi connectivity index (χ4n) is 1.51. The van der Waals surface area contributed by atoms with Crippen molar-refractivity contribution in [2.45, 2.75) is 39.5 Å². The molecule has 1 rings (SSSR count). The van der Waals surface area contributed by atoms with Gasteiger partial charge in [0.05, 0.1) is 0 Å². The largest absolute Gasteiger partial charge is 0.507 e. The molecule has 76 valence electrons. The van der Waals surface area contributed by atoms with Crippen molar-refractivity contribution >= 4 is 0 Å². The molecule has 14 heavy (non-hydrogen) atoms. The maximum absolute atomic E-state index is 9.93. The molecule has 0 atom stereocenters. The predicted octanol–water partition coefficient (Wildman–Crippen LogP) is 3.64. The molecule has 0 aliphatic rings. The second kappa shape index (κ2) is 5.58. The zero-order valence-electron chi connectivity index (χ0n) is 9.33. The molecule has 0 aliphatic carbocycles. The van der Waals surface area contributed by atoms with Crippen LogP contribution in [0.15, 0.2) is 18.2 Å². The number of benzene rings is 1. The quantitative estimate of drug-likeness (QED) is 0.763. The first-order chi connectivity index (χ1) is 6.04. The van der Waals surface area contributed by atoms with Gasteiger partial charge < -0.3 is 5.11 Å². The Labute approximate surface area is 101 Å². The summed E-state index contributed by atoms with van der Waals surface area (Å²) in [5.41, 5.74) is 2.09. The number of hydrogen-bond acceptors (Lipinski definition) is 1. The van der Waals surface area contributed by atoms with E-state index in [0.717, 1.165) is 11.1 Å². The van der Waals surface area contributed by atoms with Gasteiger partial charge in [-0.3, -0.25) is 0 Å². The SMILES string of the molecule is CC(C)c1cccc(C(C)C)c1O.[Ti]. The van der Waals surface area contributed by atoms with E-state index in [1.54, 1.807) is 0 Å². The van der Waals surface area contributed by atoms with Crippen LogP contribution in [0, 0.1) is 0 Å². The van der Waals surface area contributed by atoms with Gasteiger partial charge in [0.1, 0.15) is 5.75 Å². The molecule has 0 unspecified atom stereocenters. The van der Waals surface area contributed by atoms with Crippen LogP contribution in [0.2, 0.25) is 0 Å². The second-order valence-electron chi connectivity index (χ2n) is 4.09. The van der Waals surface area contributed by atoms with Crippen LogP contribution < -0.4 is 0 Å². The van der Waals surface area contributed by atoms with Crippen molar-refractivity contribution in [1.29, 1.82) is 0 Å². The Balaban J connectivity index is 0.00000169. The molecule has 0 saturated carbocycles. The van der Waals surface area contributed by atoms with E-state index in [1.165, 1.54) is 0 Å². The molecular formula is C12H18OTi. The van der Waals surface area contributed by atoms with Crippen LogP contribution in [-0.4, -0.2) is 5.11 Å².